The topological polar surface area (TPSA) is 104 Å². The number of hydrogen-bond acceptors (Lipinski definition) is 4. The van der Waals surface area contributed by atoms with Crippen molar-refractivity contribution in [3.05, 3.63) is 0 Å². The molecular weight excluding hydrogens is 300 g/mol. The van der Waals surface area contributed by atoms with Gasteiger partial charge in [-0.2, -0.15) is 0 Å². The first kappa shape index (κ1) is 16.2. The molecule has 0 aromatic rings. The molecule has 0 radical (unpaired) electrons. The normalized spacial score (nSPS) is 40.3. The number of nitrogens with two attached hydrogens (primary N) is 1. The summed E-state index contributed by atoms with van der Waals surface area (Å²) in [6, 6.07) is -0.993. The van der Waals surface area contributed by atoms with E-state index >= 15 is 0 Å². The van der Waals surface area contributed by atoms with Gasteiger partial charge in [-0.3, -0.25) is 9.57 Å². The standard InChI is InChI=1S/C16H28N2O3S/c17-15(16(19)20)2-4-22(18,21)3-1-14-12-6-10-5-11(8-12)9-13(14)7-10/h10-15,18H,1-9,17H2,(H,19,20)/t10?,11?,12?,13?,14?,15-,22?/m0/s1. The smallest absolute Gasteiger partial charge is 0.320 e. The predicted octanol–water partition coefficient (Wildman–Crippen LogP) is 2.30. The summed E-state index contributed by atoms with van der Waals surface area (Å²) >= 11 is 0. The highest BCUT2D eigenvalue weighted by Gasteiger charge is 2.47. The van der Waals surface area contributed by atoms with Crippen LogP contribution in [0.5, 0.6) is 0 Å². The Balaban J connectivity index is 1.50. The lowest BCUT2D eigenvalue weighted by atomic mass is 9.51. The van der Waals surface area contributed by atoms with Gasteiger partial charge < -0.3 is 10.8 Å². The van der Waals surface area contributed by atoms with E-state index in [1.807, 2.05) is 0 Å². The molecule has 126 valence electrons. The summed E-state index contributed by atoms with van der Waals surface area (Å²) in [4.78, 5) is 10.7. The van der Waals surface area contributed by atoms with Crippen molar-refractivity contribution in [2.24, 2.45) is 35.3 Å². The van der Waals surface area contributed by atoms with Gasteiger partial charge in [0.2, 0.25) is 0 Å². The van der Waals surface area contributed by atoms with Gasteiger partial charge in [-0.25, -0.2) is 4.21 Å². The molecule has 22 heavy (non-hydrogen) atoms. The molecule has 0 heterocycles. The lowest BCUT2D eigenvalue weighted by Gasteiger charge is -2.54. The lowest BCUT2D eigenvalue weighted by molar-refractivity contribution is -0.138. The second-order valence-corrected chi connectivity index (χ2v) is 10.3. The summed E-state index contributed by atoms with van der Waals surface area (Å²) in [5, 5.41) is 8.77. The highest BCUT2D eigenvalue weighted by atomic mass is 32.2. The lowest BCUT2D eigenvalue weighted by Crippen LogP contribution is -2.45. The Kier molecular flexibility index (Phi) is 4.52. The number of rotatable bonds is 7. The zero-order chi connectivity index (χ0) is 15.9. The molecule has 4 N–H and O–H groups in total. The number of carboxylic acids is 1. The van der Waals surface area contributed by atoms with Crippen LogP contribution < -0.4 is 5.73 Å². The largest absolute Gasteiger partial charge is 0.480 e. The summed E-state index contributed by atoms with van der Waals surface area (Å²) in [5.41, 5.74) is 5.45. The van der Waals surface area contributed by atoms with E-state index in [9.17, 15) is 9.00 Å². The van der Waals surface area contributed by atoms with Crippen LogP contribution in [0.3, 0.4) is 0 Å². The van der Waals surface area contributed by atoms with Crippen LogP contribution in [0.25, 0.3) is 0 Å². The highest BCUT2D eigenvalue weighted by Crippen LogP contribution is 2.57. The molecule has 0 saturated heterocycles. The van der Waals surface area contributed by atoms with Gasteiger partial charge in [0.05, 0.1) is 0 Å². The van der Waals surface area contributed by atoms with E-state index in [0.29, 0.717) is 11.7 Å². The number of aliphatic carboxylic acids is 1. The molecule has 1 unspecified atom stereocenters. The fourth-order valence-electron chi connectivity index (χ4n) is 5.38. The number of nitrogens with one attached hydrogen (secondary N) is 1. The average Bonchev–Trinajstić information content (AvgIpc) is 2.43. The number of hydrogen-bond donors (Lipinski definition) is 3. The van der Waals surface area contributed by atoms with Crippen molar-refractivity contribution in [3.63, 3.8) is 0 Å². The van der Waals surface area contributed by atoms with E-state index in [2.05, 4.69) is 0 Å². The Labute approximate surface area is 133 Å². The Morgan fingerprint density at radius 2 is 1.68 bits per heavy atom. The van der Waals surface area contributed by atoms with E-state index < -0.39 is 21.7 Å². The van der Waals surface area contributed by atoms with Crippen molar-refractivity contribution in [1.29, 1.82) is 4.78 Å². The van der Waals surface area contributed by atoms with Gasteiger partial charge in [0, 0.05) is 21.2 Å². The van der Waals surface area contributed by atoms with E-state index in [-0.39, 0.29) is 12.2 Å². The molecule has 0 amide bonds. The SMILES string of the molecule is N=S(=O)(CCC1C2CC3CC(C2)CC1C3)CC[C@H](N)C(=O)O. The fourth-order valence-corrected chi connectivity index (χ4v) is 6.87. The van der Waals surface area contributed by atoms with Crippen LogP contribution in [-0.4, -0.2) is 32.8 Å². The Hall–Kier alpha value is -0.620. The van der Waals surface area contributed by atoms with Crippen LogP contribution in [0.15, 0.2) is 0 Å². The first-order valence-corrected chi connectivity index (χ1v) is 10.5. The Morgan fingerprint density at radius 3 is 2.18 bits per heavy atom. The third-order valence-corrected chi connectivity index (χ3v) is 8.07. The van der Waals surface area contributed by atoms with Gasteiger partial charge in [0.1, 0.15) is 6.04 Å². The van der Waals surface area contributed by atoms with Crippen LogP contribution in [-0.2, 0) is 14.5 Å². The van der Waals surface area contributed by atoms with Crippen LogP contribution in [0, 0.1) is 34.4 Å². The van der Waals surface area contributed by atoms with Crippen molar-refractivity contribution >= 4 is 15.7 Å². The van der Waals surface area contributed by atoms with Gasteiger partial charge in [-0.05, 0) is 74.5 Å². The monoisotopic (exact) mass is 328 g/mol. The minimum atomic E-state index is -2.69. The van der Waals surface area contributed by atoms with Gasteiger partial charge in [0.15, 0.2) is 0 Å². The van der Waals surface area contributed by atoms with Crippen LogP contribution >= 0.6 is 0 Å². The maximum absolute atomic E-state index is 12.4. The maximum Gasteiger partial charge on any atom is 0.320 e. The molecule has 4 aliphatic carbocycles. The minimum absolute atomic E-state index is 0.119. The molecule has 4 fully saturated rings. The number of carbonyl (C=O) groups is 1. The van der Waals surface area contributed by atoms with Crippen LogP contribution in [0.2, 0.25) is 0 Å². The highest BCUT2D eigenvalue weighted by molar-refractivity contribution is 7.92. The Bertz CT molecular complexity index is 504. The van der Waals surface area contributed by atoms with Gasteiger partial charge in [0.25, 0.3) is 0 Å². The first-order valence-electron chi connectivity index (χ1n) is 8.56. The molecule has 0 spiro atoms. The number of carboxylic acid groups (broad SMARTS) is 1. The second kappa shape index (κ2) is 6.11. The average molecular weight is 328 g/mol. The van der Waals surface area contributed by atoms with Crippen molar-refractivity contribution in [2.45, 2.75) is 51.0 Å². The molecule has 4 saturated carbocycles. The summed E-state index contributed by atoms with van der Waals surface area (Å²) in [5.74, 6) is 3.60. The zero-order valence-electron chi connectivity index (χ0n) is 13.1. The second-order valence-electron chi connectivity index (χ2n) is 7.84. The molecule has 5 nitrogen and oxygen atoms in total. The van der Waals surface area contributed by atoms with E-state index in [1.54, 1.807) is 0 Å². The van der Waals surface area contributed by atoms with E-state index in [4.69, 9.17) is 15.6 Å². The molecular formula is C16H28N2O3S. The Morgan fingerprint density at radius 1 is 1.14 bits per heavy atom. The van der Waals surface area contributed by atoms with E-state index in [0.717, 1.165) is 30.1 Å². The third-order valence-electron chi connectivity index (χ3n) is 6.28. The molecule has 2 atom stereocenters. The molecule has 4 aliphatic rings. The van der Waals surface area contributed by atoms with Gasteiger partial charge >= 0.3 is 5.97 Å². The van der Waals surface area contributed by atoms with Crippen molar-refractivity contribution < 1.29 is 14.1 Å². The van der Waals surface area contributed by atoms with Crippen LogP contribution in [0.4, 0.5) is 0 Å². The van der Waals surface area contributed by atoms with Crippen molar-refractivity contribution in [2.75, 3.05) is 11.5 Å². The molecule has 4 rings (SSSR count). The zero-order valence-corrected chi connectivity index (χ0v) is 13.9. The summed E-state index contributed by atoms with van der Waals surface area (Å²) in [6.45, 7) is 0. The molecule has 0 aliphatic heterocycles. The maximum atomic E-state index is 12.4. The van der Waals surface area contributed by atoms with Crippen molar-refractivity contribution in [3.8, 4) is 0 Å². The third kappa shape index (κ3) is 3.48. The minimum Gasteiger partial charge on any atom is -0.480 e. The summed E-state index contributed by atoms with van der Waals surface area (Å²) in [7, 11) is -2.69. The molecule has 0 aromatic carbocycles. The van der Waals surface area contributed by atoms with Crippen molar-refractivity contribution in [1.82, 2.24) is 0 Å². The van der Waals surface area contributed by atoms with Crippen LogP contribution in [0.1, 0.15) is 44.9 Å². The molecule has 0 aromatic heterocycles. The van der Waals surface area contributed by atoms with E-state index in [1.165, 1.54) is 32.1 Å². The quantitative estimate of drug-likeness (QED) is 0.667. The van der Waals surface area contributed by atoms with Gasteiger partial charge in [-0.1, -0.05) is 0 Å². The van der Waals surface area contributed by atoms with Gasteiger partial charge in [-0.15, -0.1) is 0 Å². The summed E-state index contributed by atoms with van der Waals surface area (Å²) < 4.78 is 20.4. The fraction of sp³-hybridized carbons (Fsp3) is 0.938. The molecule has 6 heteroatoms. The predicted molar refractivity (Wildman–Crippen MR) is 86.0 cm³/mol. The summed E-state index contributed by atoms with van der Waals surface area (Å²) in [6.07, 6.45) is 7.85. The first-order chi connectivity index (χ1) is 10.3. The molecule has 4 bridgehead atoms.